The maximum Gasteiger partial charge on any atom is 0.269 e. The molecule has 0 saturated heterocycles. The number of aromatic nitrogens is 4. The van der Waals surface area contributed by atoms with E-state index in [9.17, 15) is 9.59 Å². The predicted molar refractivity (Wildman–Crippen MR) is 60.1 cm³/mol. The van der Waals surface area contributed by atoms with Gasteiger partial charge in [0.05, 0.1) is 12.4 Å². The van der Waals surface area contributed by atoms with Gasteiger partial charge in [0.1, 0.15) is 17.1 Å². The molecule has 0 unspecified atom stereocenters. The Labute approximate surface area is 101 Å². The van der Waals surface area contributed by atoms with Crippen LogP contribution in [0.3, 0.4) is 0 Å². The van der Waals surface area contributed by atoms with E-state index in [4.69, 9.17) is 11.5 Å². The van der Waals surface area contributed by atoms with Crippen molar-refractivity contribution >= 4 is 11.8 Å². The second-order valence-electron chi connectivity index (χ2n) is 3.27. The van der Waals surface area contributed by atoms with Gasteiger partial charge in [-0.1, -0.05) is 0 Å². The zero-order valence-electron chi connectivity index (χ0n) is 9.07. The van der Waals surface area contributed by atoms with Crippen LogP contribution in [0, 0.1) is 0 Å². The zero-order valence-corrected chi connectivity index (χ0v) is 9.07. The molecule has 0 saturated carbocycles. The van der Waals surface area contributed by atoms with Crippen LogP contribution in [0.15, 0.2) is 24.8 Å². The Morgan fingerprint density at radius 2 is 1.78 bits per heavy atom. The van der Waals surface area contributed by atoms with Crippen molar-refractivity contribution in [1.29, 1.82) is 0 Å². The van der Waals surface area contributed by atoms with E-state index in [2.05, 4.69) is 19.9 Å². The monoisotopic (exact) mass is 244 g/mol. The molecule has 4 N–H and O–H groups in total. The summed E-state index contributed by atoms with van der Waals surface area (Å²) in [7, 11) is 0. The van der Waals surface area contributed by atoms with E-state index in [0.29, 0.717) is 5.69 Å². The van der Waals surface area contributed by atoms with Gasteiger partial charge in [0.2, 0.25) is 0 Å². The van der Waals surface area contributed by atoms with Crippen LogP contribution in [0.1, 0.15) is 21.0 Å². The molecule has 2 amide bonds. The van der Waals surface area contributed by atoms with Gasteiger partial charge in [0, 0.05) is 12.4 Å². The number of primary amides is 2. The molecule has 8 heteroatoms. The van der Waals surface area contributed by atoms with Crippen LogP contribution in [0.2, 0.25) is 0 Å². The Kier molecular flexibility index (Phi) is 2.92. The highest BCUT2D eigenvalue weighted by molar-refractivity contribution is 5.98. The Morgan fingerprint density at radius 3 is 2.33 bits per heavy atom. The topological polar surface area (TPSA) is 138 Å². The van der Waals surface area contributed by atoms with Gasteiger partial charge < -0.3 is 11.5 Å². The fourth-order valence-corrected chi connectivity index (χ4v) is 1.29. The summed E-state index contributed by atoms with van der Waals surface area (Å²) >= 11 is 0. The molecule has 2 rings (SSSR count). The summed E-state index contributed by atoms with van der Waals surface area (Å²) in [5.74, 6) is -1.62. The van der Waals surface area contributed by atoms with Crippen LogP contribution in [0.4, 0.5) is 0 Å². The number of nitrogens with zero attached hydrogens (tertiary/aromatic N) is 4. The number of hydrogen-bond donors (Lipinski definition) is 2. The van der Waals surface area contributed by atoms with Crippen LogP contribution in [0.5, 0.6) is 0 Å². The number of carbonyl (C=O) groups is 2. The van der Waals surface area contributed by atoms with Crippen molar-refractivity contribution in [3.05, 3.63) is 36.2 Å². The molecule has 0 spiro atoms. The van der Waals surface area contributed by atoms with Crippen molar-refractivity contribution in [2.24, 2.45) is 11.5 Å². The van der Waals surface area contributed by atoms with E-state index in [1.54, 1.807) is 0 Å². The summed E-state index contributed by atoms with van der Waals surface area (Å²) in [6, 6.07) is 0. The summed E-state index contributed by atoms with van der Waals surface area (Å²) in [5, 5.41) is 0. The van der Waals surface area contributed by atoms with E-state index in [0.717, 1.165) is 6.20 Å². The van der Waals surface area contributed by atoms with Gasteiger partial charge in [-0.3, -0.25) is 19.6 Å². The normalized spacial score (nSPS) is 10.0. The molecule has 18 heavy (non-hydrogen) atoms. The van der Waals surface area contributed by atoms with E-state index < -0.39 is 11.8 Å². The molecule has 0 aromatic carbocycles. The summed E-state index contributed by atoms with van der Waals surface area (Å²) in [6.07, 6.45) is 5.46. The summed E-state index contributed by atoms with van der Waals surface area (Å²) in [5.41, 5.74) is 10.4. The molecular weight excluding hydrogens is 236 g/mol. The van der Waals surface area contributed by atoms with Gasteiger partial charge >= 0.3 is 0 Å². The van der Waals surface area contributed by atoms with Gasteiger partial charge in [-0.2, -0.15) is 0 Å². The highest BCUT2D eigenvalue weighted by atomic mass is 16.1. The Hall–Kier alpha value is -2.90. The Balaban J connectivity index is 2.61. The molecule has 2 aromatic heterocycles. The minimum Gasteiger partial charge on any atom is -0.364 e. The highest BCUT2D eigenvalue weighted by Crippen LogP contribution is 2.16. The molecule has 0 aliphatic rings. The Morgan fingerprint density at radius 1 is 1.00 bits per heavy atom. The first-order valence-electron chi connectivity index (χ1n) is 4.82. The summed E-state index contributed by atoms with van der Waals surface area (Å²) in [6.45, 7) is 0. The van der Waals surface area contributed by atoms with Gasteiger partial charge in [-0.25, -0.2) is 9.97 Å². The fourth-order valence-electron chi connectivity index (χ4n) is 1.29. The van der Waals surface area contributed by atoms with Crippen molar-refractivity contribution < 1.29 is 9.59 Å². The van der Waals surface area contributed by atoms with Crippen molar-refractivity contribution in [2.45, 2.75) is 0 Å². The molecule has 0 atom stereocenters. The lowest BCUT2D eigenvalue weighted by atomic mass is 10.2. The standard InChI is InChI=1S/C10H8N6O2/c11-9(17)6-4-15-7(8(16-6)10(12)18)5-3-13-1-2-14-5/h1-4H,(H2,11,17)(H2,12,18). The van der Waals surface area contributed by atoms with Crippen LogP contribution < -0.4 is 11.5 Å². The largest absolute Gasteiger partial charge is 0.364 e. The molecule has 2 aromatic rings. The molecular formula is C10H8N6O2. The number of rotatable bonds is 3. The van der Waals surface area contributed by atoms with E-state index in [-0.39, 0.29) is 17.1 Å². The molecule has 0 radical (unpaired) electrons. The van der Waals surface area contributed by atoms with Crippen LogP contribution >= 0.6 is 0 Å². The third-order valence-electron chi connectivity index (χ3n) is 2.06. The van der Waals surface area contributed by atoms with E-state index in [1.807, 2.05) is 0 Å². The third-order valence-corrected chi connectivity index (χ3v) is 2.06. The fraction of sp³-hybridized carbons (Fsp3) is 0. The van der Waals surface area contributed by atoms with Gasteiger partial charge in [-0.15, -0.1) is 0 Å². The number of hydrogen-bond acceptors (Lipinski definition) is 6. The minimum absolute atomic E-state index is 0.142. The van der Waals surface area contributed by atoms with E-state index in [1.165, 1.54) is 18.6 Å². The SMILES string of the molecule is NC(=O)c1cnc(-c2cnccn2)c(C(N)=O)n1. The molecule has 2 heterocycles. The molecule has 0 aliphatic carbocycles. The highest BCUT2D eigenvalue weighted by Gasteiger charge is 2.17. The van der Waals surface area contributed by atoms with Crippen molar-refractivity contribution in [1.82, 2.24) is 19.9 Å². The van der Waals surface area contributed by atoms with Gasteiger partial charge in [0.15, 0.2) is 5.69 Å². The Bertz CT molecular complexity index is 613. The van der Waals surface area contributed by atoms with Crippen molar-refractivity contribution in [3.63, 3.8) is 0 Å². The maximum absolute atomic E-state index is 11.3. The first-order valence-corrected chi connectivity index (χ1v) is 4.82. The first kappa shape index (κ1) is 11.6. The molecule has 0 bridgehead atoms. The molecule has 90 valence electrons. The van der Waals surface area contributed by atoms with E-state index >= 15 is 0 Å². The lowest BCUT2D eigenvalue weighted by Crippen LogP contribution is -2.20. The van der Waals surface area contributed by atoms with Crippen LogP contribution in [0.25, 0.3) is 11.4 Å². The quantitative estimate of drug-likeness (QED) is 0.719. The predicted octanol–water partition coefficient (Wildman–Crippen LogP) is -0.869. The number of nitrogens with two attached hydrogens (primary N) is 2. The average molecular weight is 244 g/mol. The van der Waals surface area contributed by atoms with Crippen LogP contribution in [-0.4, -0.2) is 31.8 Å². The van der Waals surface area contributed by atoms with Gasteiger partial charge in [-0.05, 0) is 0 Å². The lowest BCUT2D eigenvalue weighted by Gasteiger charge is -2.04. The second kappa shape index (κ2) is 4.53. The number of amides is 2. The average Bonchev–Trinajstić information content (AvgIpc) is 2.39. The summed E-state index contributed by atoms with van der Waals surface area (Å²) < 4.78 is 0. The third kappa shape index (κ3) is 2.12. The molecule has 0 fully saturated rings. The van der Waals surface area contributed by atoms with Gasteiger partial charge in [0.25, 0.3) is 11.8 Å². The van der Waals surface area contributed by atoms with Crippen molar-refractivity contribution in [3.8, 4) is 11.4 Å². The van der Waals surface area contributed by atoms with Crippen molar-refractivity contribution in [2.75, 3.05) is 0 Å². The number of carbonyl (C=O) groups excluding carboxylic acids is 2. The maximum atomic E-state index is 11.3. The first-order chi connectivity index (χ1) is 8.59. The smallest absolute Gasteiger partial charge is 0.269 e. The second-order valence-corrected chi connectivity index (χ2v) is 3.27. The zero-order chi connectivity index (χ0) is 13.1. The van der Waals surface area contributed by atoms with Crippen LogP contribution in [-0.2, 0) is 0 Å². The minimum atomic E-state index is -0.828. The molecule has 8 nitrogen and oxygen atoms in total. The molecule has 0 aliphatic heterocycles. The summed E-state index contributed by atoms with van der Waals surface area (Å²) in [4.78, 5) is 37.8. The lowest BCUT2D eigenvalue weighted by molar-refractivity contribution is 0.0992.